The highest BCUT2D eigenvalue weighted by atomic mass is 32.2. The van der Waals surface area contributed by atoms with Crippen molar-refractivity contribution in [1.29, 1.82) is 0 Å². The van der Waals surface area contributed by atoms with Gasteiger partial charge in [0.15, 0.2) is 0 Å². The number of nitrogens with one attached hydrogen (secondary N) is 2. The van der Waals surface area contributed by atoms with E-state index in [-0.39, 0.29) is 18.1 Å². The summed E-state index contributed by atoms with van der Waals surface area (Å²) in [4.78, 5) is 30.7. The third-order valence-corrected chi connectivity index (χ3v) is 8.35. The largest absolute Gasteiger partial charge is 0.497 e. The lowest BCUT2D eigenvalue weighted by molar-refractivity contribution is 0.0725. The van der Waals surface area contributed by atoms with Crippen LogP contribution in [0.1, 0.15) is 22.5 Å². The first kappa shape index (κ1) is 28.5. The summed E-state index contributed by atoms with van der Waals surface area (Å²) in [6.45, 7) is 5.17. The molecular weight excluding hydrogens is 538 g/mol. The number of benzene rings is 3. The normalized spacial score (nSPS) is 14.1. The first-order valence-corrected chi connectivity index (χ1v) is 14.9. The standard InChI is InChI=1S/C31H35N5O4S/c1-23-10-6-7-15-27(23)36-28(24-11-4-3-5-12-24)29(30(37)34-20-17-32-18-21-34)35(31(36)38)19-9-16-33-41(39)26-14-8-13-25(22-26)40-2/h3-8,10-15,22,32-33H,9,16-21H2,1-2H3. The van der Waals surface area contributed by atoms with Gasteiger partial charge < -0.3 is 15.0 Å². The maximum atomic E-state index is 14.2. The summed E-state index contributed by atoms with van der Waals surface area (Å²) in [5, 5.41) is 3.29. The fraction of sp³-hybridized carbons (Fsp3) is 0.290. The third kappa shape index (κ3) is 6.19. The molecule has 1 aliphatic heterocycles. The van der Waals surface area contributed by atoms with E-state index < -0.39 is 11.0 Å². The number of para-hydroxylation sites is 1. The van der Waals surface area contributed by atoms with E-state index >= 15 is 0 Å². The molecule has 1 aromatic heterocycles. The molecule has 9 nitrogen and oxygen atoms in total. The van der Waals surface area contributed by atoms with Crippen molar-refractivity contribution in [3.8, 4) is 22.7 Å². The van der Waals surface area contributed by atoms with E-state index in [1.807, 2.05) is 66.4 Å². The van der Waals surface area contributed by atoms with Gasteiger partial charge in [-0.15, -0.1) is 0 Å². The molecule has 4 aromatic rings. The zero-order valence-corrected chi connectivity index (χ0v) is 24.2. The van der Waals surface area contributed by atoms with Gasteiger partial charge in [-0.2, -0.15) is 0 Å². The van der Waals surface area contributed by atoms with Crippen LogP contribution in [0.2, 0.25) is 0 Å². The molecular formula is C31H35N5O4S. The Morgan fingerprint density at radius 1 is 1.00 bits per heavy atom. The first-order valence-electron chi connectivity index (χ1n) is 13.8. The summed E-state index contributed by atoms with van der Waals surface area (Å²) < 4.78 is 24.4. The van der Waals surface area contributed by atoms with Crippen LogP contribution in [-0.4, -0.2) is 64.0 Å². The van der Waals surface area contributed by atoms with Crippen LogP contribution < -0.4 is 20.5 Å². The van der Waals surface area contributed by atoms with Crippen LogP contribution in [0.5, 0.6) is 5.75 Å². The average Bonchev–Trinajstić information content (AvgIpc) is 3.31. The van der Waals surface area contributed by atoms with Crippen LogP contribution in [0.25, 0.3) is 16.9 Å². The fourth-order valence-electron chi connectivity index (χ4n) is 5.09. The highest BCUT2D eigenvalue weighted by molar-refractivity contribution is 7.83. The van der Waals surface area contributed by atoms with Crippen molar-refractivity contribution in [2.24, 2.45) is 0 Å². The van der Waals surface area contributed by atoms with Gasteiger partial charge in [-0.25, -0.2) is 13.7 Å². The molecule has 3 aromatic carbocycles. The van der Waals surface area contributed by atoms with Gasteiger partial charge in [-0.3, -0.25) is 13.9 Å². The molecule has 1 saturated heterocycles. The quantitative estimate of drug-likeness (QED) is 0.284. The zero-order chi connectivity index (χ0) is 28.8. The molecule has 0 radical (unpaired) electrons. The number of nitrogens with zero attached hydrogens (tertiary/aromatic N) is 3. The lowest BCUT2D eigenvalue weighted by Crippen LogP contribution is -2.47. The molecule has 41 heavy (non-hydrogen) atoms. The predicted octanol–water partition coefficient (Wildman–Crippen LogP) is 3.37. The number of carbonyl (C=O) groups excluding carboxylic acids is 1. The summed E-state index contributed by atoms with van der Waals surface area (Å²) in [7, 11) is 0.126. The van der Waals surface area contributed by atoms with Gasteiger partial charge in [-0.05, 0) is 43.2 Å². The maximum absolute atomic E-state index is 14.2. The van der Waals surface area contributed by atoms with E-state index in [1.165, 1.54) is 0 Å². The maximum Gasteiger partial charge on any atom is 0.333 e. The van der Waals surface area contributed by atoms with Gasteiger partial charge in [0.2, 0.25) is 0 Å². The molecule has 2 heterocycles. The SMILES string of the molecule is COc1cccc(S(=O)NCCCn2c(C(=O)N3CCNCC3)c(-c3ccccc3)n(-c3ccccc3C)c2=O)c1. The Morgan fingerprint density at radius 2 is 1.73 bits per heavy atom. The lowest BCUT2D eigenvalue weighted by atomic mass is 10.1. The van der Waals surface area contributed by atoms with Crippen molar-refractivity contribution in [1.82, 2.24) is 24.1 Å². The number of piperazine rings is 1. The van der Waals surface area contributed by atoms with E-state index in [1.54, 1.807) is 40.5 Å². The molecule has 1 unspecified atom stereocenters. The van der Waals surface area contributed by atoms with E-state index in [0.717, 1.165) is 16.8 Å². The molecule has 0 bridgehead atoms. The van der Waals surface area contributed by atoms with E-state index in [4.69, 9.17) is 4.74 Å². The van der Waals surface area contributed by atoms with E-state index in [0.29, 0.717) is 61.2 Å². The summed E-state index contributed by atoms with van der Waals surface area (Å²) >= 11 is 0. The minimum atomic E-state index is -1.44. The molecule has 0 saturated carbocycles. The monoisotopic (exact) mass is 573 g/mol. The third-order valence-electron chi connectivity index (χ3n) is 7.20. The Labute approximate surface area is 242 Å². The number of methoxy groups -OCH3 is 1. The van der Waals surface area contributed by atoms with Crippen LogP contribution >= 0.6 is 0 Å². The number of hydrogen-bond acceptors (Lipinski definition) is 5. The number of aryl methyl sites for hydroxylation is 1. The lowest BCUT2D eigenvalue weighted by Gasteiger charge is -2.28. The van der Waals surface area contributed by atoms with Gasteiger partial charge in [-0.1, -0.05) is 54.6 Å². The van der Waals surface area contributed by atoms with Crippen molar-refractivity contribution in [3.05, 3.63) is 101 Å². The molecule has 0 aliphatic carbocycles. The Kier molecular flexibility index (Phi) is 9.13. The van der Waals surface area contributed by atoms with Gasteiger partial charge in [0, 0.05) is 44.8 Å². The van der Waals surface area contributed by atoms with E-state index in [2.05, 4.69) is 10.0 Å². The molecule has 214 valence electrons. The Bertz CT molecular complexity index is 1590. The number of ether oxygens (including phenoxy) is 1. The van der Waals surface area contributed by atoms with Crippen molar-refractivity contribution in [3.63, 3.8) is 0 Å². The molecule has 2 N–H and O–H groups in total. The fourth-order valence-corrected chi connectivity index (χ4v) is 6.01. The van der Waals surface area contributed by atoms with Crippen LogP contribution in [0.4, 0.5) is 0 Å². The topological polar surface area (TPSA) is 97.6 Å². The predicted molar refractivity (Wildman–Crippen MR) is 161 cm³/mol. The minimum absolute atomic E-state index is 0.164. The first-order chi connectivity index (χ1) is 20.0. The number of hydrogen-bond donors (Lipinski definition) is 2. The van der Waals surface area contributed by atoms with Gasteiger partial charge in [0.1, 0.15) is 22.4 Å². The highest BCUT2D eigenvalue weighted by Crippen LogP contribution is 2.29. The van der Waals surface area contributed by atoms with Crippen LogP contribution in [0.3, 0.4) is 0 Å². The summed E-state index contributed by atoms with van der Waals surface area (Å²) in [5.74, 6) is 0.467. The molecule has 10 heteroatoms. The number of amides is 1. The smallest absolute Gasteiger partial charge is 0.333 e. The van der Waals surface area contributed by atoms with Crippen molar-refractivity contribution in [2.75, 3.05) is 39.8 Å². The van der Waals surface area contributed by atoms with Crippen molar-refractivity contribution in [2.45, 2.75) is 24.8 Å². The molecule has 1 aliphatic rings. The van der Waals surface area contributed by atoms with Gasteiger partial charge >= 0.3 is 5.69 Å². The number of rotatable bonds is 10. The van der Waals surface area contributed by atoms with Crippen molar-refractivity contribution >= 4 is 16.9 Å². The number of aromatic nitrogens is 2. The molecule has 5 rings (SSSR count). The summed E-state index contributed by atoms with van der Waals surface area (Å²) in [6, 6.07) is 24.4. The van der Waals surface area contributed by atoms with Gasteiger partial charge in [0.05, 0.1) is 23.4 Å². The Balaban J connectivity index is 1.52. The van der Waals surface area contributed by atoms with Crippen LogP contribution in [-0.2, 0) is 17.5 Å². The summed E-state index contributed by atoms with van der Waals surface area (Å²) in [6.07, 6.45) is 0.490. The van der Waals surface area contributed by atoms with Gasteiger partial charge in [0.25, 0.3) is 5.91 Å². The molecule has 1 atom stereocenters. The molecule has 1 amide bonds. The second kappa shape index (κ2) is 13.1. The molecule has 1 fully saturated rings. The van der Waals surface area contributed by atoms with E-state index in [9.17, 15) is 13.8 Å². The number of imidazole rings is 1. The number of carbonyl (C=O) groups is 1. The zero-order valence-electron chi connectivity index (χ0n) is 23.3. The Hall–Kier alpha value is -3.99. The second-order valence-electron chi connectivity index (χ2n) is 9.86. The average molecular weight is 574 g/mol. The van der Waals surface area contributed by atoms with Crippen LogP contribution in [0, 0.1) is 6.92 Å². The van der Waals surface area contributed by atoms with Crippen molar-refractivity contribution < 1.29 is 13.7 Å². The highest BCUT2D eigenvalue weighted by Gasteiger charge is 2.31. The summed E-state index contributed by atoms with van der Waals surface area (Å²) in [5.41, 5.74) is 3.15. The second-order valence-corrected chi connectivity index (χ2v) is 11.2. The van der Waals surface area contributed by atoms with Crippen LogP contribution in [0.15, 0.2) is 88.6 Å². The Morgan fingerprint density at radius 3 is 2.46 bits per heavy atom. The molecule has 0 spiro atoms. The minimum Gasteiger partial charge on any atom is -0.497 e.